The molecule has 0 rings (SSSR count). The summed E-state index contributed by atoms with van der Waals surface area (Å²) in [7, 11) is -4.28. The summed E-state index contributed by atoms with van der Waals surface area (Å²) in [6.45, 7) is 4.80. The standard InChI is InChI=1S/C45H84NO7P/c1-3-5-7-9-11-13-15-17-19-21-23-25-27-29-31-33-35-37-40-50-42-44(43-52-54(48,49)51-41-39-46)53-45(47)38-36-34-32-30-28-26-24-22-20-18-16-14-12-10-8-6-4-2/h6,8,12,14,17-20,44H,3-5,7,9-11,13,15-16,21-43,46H2,1-2H3,(H,48,49)/b8-6-,14-12-,19-17-,20-18-. The molecule has 316 valence electrons. The number of allylic oxidation sites excluding steroid dienone is 8. The van der Waals surface area contributed by atoms with Crippen LogP contribution in [0.5, 0.6) is 0 Å². The average Bonchev–Trinajstić information content (AvgIpc) is 3.16. The summed E-state index contributed by atoms with van der Waals surface area (Å²) in [5.41, 5.74) is 5.37. The van der Waals surface area contributed by atoms with Gasteiger partial charge in [-0.3, -0.25) is 13.8 Å². The number of rotatable bonds is 42. The number of nitrogens with two attached hydrogens (primary N) is 1. The first-order chi connectivity index (χ1) is 26.4. The third kappa shape index (κ3) is 41.6. The third-order valence-electron chi connectivity index (χ3n) is 9.23. The topological polar surface area (TPSA) is 117 Å². The molecule has 2 unspecified atom stereocenters. The number of carbonyl (C=O) groups excluding carboxylic acids is 1. The van der Waals surface area contributed by atoms with Crippen LogP contribution in [0, 0.1) is 0 Å². The zero-order valence-electron chi connectivity index (χ0n) is 35.0. The largest absolute Gasteiger partial charge is 0.472 e. The van der Waals surface area contributed by atoms with Gasteiger partial charge >= 0.3 is 13.8 Å². The lowest BCUT2D eigenvalue weighted by Crippen LogP contribution is -2.28. The van der Waals surface area contributed by atoms with E-state index >= 15 is 0 Å². The van der Waals surface area contributed by atoms with E-state index in [0.717, 1.165) is 57.8 Å². The van der Waals surface area contributed by atoms with E-state index in [-0.39, 0.29) is 32.3 Å². The van der Waals surface area contributed by atoms with Crippen LogP contribution >= 0.6 is 7.82 Å². The molecule has 9 heteroatoms. The molecule has 0 aromatic carbocycles. The van der Waals surface area contributed by atoms with Crippen molar-refractivity contribution in [1.82, 2.24) is 0 Å². The Morgan fingerprint density at radius 3 is 1.57 bits per heavy atom. The van der Waals surface area contributed by atoms with Gasteiger partial charge in [0.15, 0.2) is 0 Å². The summed E-state index contributed by atoms with van der Waals surface area (Å²) in [5.74, 6) is -0.342. The molecule has 0 spiro atoms. The Hall–Kier alpha value is -1.54. The van der Waals surface area contributed by atoms with Crippen LogP contribution in [-0.2, 0) is 27.9 Å². The molecule has 0 radical (unpaired) electrons. The predicted molar refractivity (Wildman–Crippen MR) is 229 cm³/mol. The van der Waals surface area contributed by atoms with Crippen molar-refractivity contribution in [2.75, 3.05) is 33.0 Å². The fraction of sp³-hybridized carbons (Fsp3) is 0.800. The smallest absolute Gasteiger partial charge is 0.457 e. The Morgan fingerprint density at radius 2 is 1.04 bits per heavy atom. The van der Waals surface area contributed by atoms with Gasteiger partial charge in [-0.15, -0.1) is 0 Å². The number of ether oxygens (including phenoxy) is 2. The van der Waals surface area contributed by atoms with Crippen LogP contribution < -0.4 is 5.73 Å². The summed E-state index contributed by atoms with van der Waals surface area (Å²) in [5, 5.41) is 0. The van der Waals surface area contributed by atoms with Gasteiger partial charge in [0, 0.05) is 19.6 Å². The van der Waals surface area contributed by atoms with Crippen molar-refractivity contribution >= 4 is 13.8 Å². The van der Waals surface area contributed by atoms with E-state index in [1.165, 1.54) is 116 Å². The molecule has 8 nitrogen and oxygen atoms in total. The molecule has 0 aliphatic heterocycles. The summed E-state index contributed by atoms with van der Waals surface area (Å²) in [6.07, 6.45) is 49.8. The minimum absolute atomic E-state index is 0.0968. The molecule has 0 aliphatic rings. The third-order valence-corrected chi connectivity index (χ3v) is 10.2. The van der Waals surface area contributed by atoms with Crippen molar-refractivity contribution in [3.05, 3.63) is 48.6 Å². The SMILES string of the molecule is CC/C=C\C/C=C\C/C=C\CCCCCCCCCC(=O)OC(COCCCCCCCCCC/C=C\CCCCCCCC)COP(=O)(O)OCCN. The second-order valence-electron chi connectivity index (χ2n) is 14.5. The Bertz CT molecular complexity index is 968. The van der Waals surface area contributed by atoms with Crippen molar-refractivity contribution in [3.8, 4) is 0 Å². The Balaban J connectivity index is 4.03. The van der Waals surface area contributed by atoms with E-state index in [2.05, 4.69) is 62.5 Å². The number of unbranched alkanes of at least 4 members (excludes halogenated alkanes) is 21. The van der Waals surface area contributed by atoms with Crippen molar-refractivity contribution in [2.24, 2.45) is 5.73 Å². The van der Waals surface area contributed by atoms with Crippen LogP contribution in [0.4, 0.5) is 0 Å². The molecule has 54 heavy (non-hydrogen) atoms. The van der Waals surface area contributed by atoms with Crippen LogP contribution in [0.3, 0.4) is 0 Å². The normalized spacial score (nSPS) is 13.9. The fourth-order valence-electron chi connectivity index (χ4n) is 6.01. The van der Waals surface area contributed by atoms with E-state index in [0.29, 0.717) is 13.0 Å². The lowest BCUT2D eigenvalue weighted by Gasteiger charge is -2.20. The van der Waals surface area contributed by atoms with Gasteiger partial charge in [0.25, 0.3) is 0 Å². The number of hydrogen-bond acceptors (Lipinski definition) is 7. The van der Waals surface area contributed by atoms with Crippen molar-refractivity contribution in [3.63, 3.8) is 0 Å². The van der Waals surface area contributed by atoms with Crippen molar-refractivity contribution in [1.29, 1.82) is 0 Å². The highest BCUT2D eigenvalue weighted by Gasteiger charge is 2.25. The van der Waals surface area contributed by atoms with Crippen LogP contribution in [0.1, 0.15) is 194 Å². The maximum Gasteiger partial charge on any atom is 0.472 e. The van der Waals surface area contributed by atoms with E-state index < -0.39 is 13.9 Å². The van der Waals surface area contributed by atoms with E-state index in [4.69, 9.17) is 24.3 Å². The summed E-state index contributed by atoms with van der Waals surface area (Å²) in [4.78, 5) is 22.5. The van der Waals surface area contributed by atoms with E-state index in [1.54, 1.807) is 0 Å². The van der Waals surface area contributed by atoms with Gasteiger partial charge in [0.05, 0.1) is 19.8 Å². The minimum Gasteiger partial charge on any atom is -0.457 e. The maximum absolute atomic E-state index is 12.6. The molecule has 0 heterocycles. The molecule has 0 bridgehead atoms. The van der Waals surface area contributed by atoms with Crippen LogP contribution in [0.25, 0.3) is 0 Å². The molecule has 0 aromatic heterocycles. The Labute approximate surface area is 332 Å². The molecular formula is C45H84NO7P. The lowest BCUT2D eigenvalue weighted by atomic mass is 10.1. The Kier molecular flexibility index (Phi) is 41.4. The molecular weight excluding hydrogens is 697 g/mol. The molecule has 0 saturated carbocycles. The number of hydrogen-bond donors (Lipinski definition) is 2. The van der Waals surface area contributed by atoms with Gasteiger partial charge in [-0.1, -0.05) is 165 Å². The average molecular weight is 782 g/mol. The zero-order valence-corrected chi connectivity index (χ0v) is 35.8. The van der Waals surface area contributed by atoms with Gasteiger partial charge in [0.2, 0.25) is 0 Å². The minimum atomic E-state index is -4.28. The van der Waals surface area contributed by atoms with Gasteiger partial charge in [0.1, 0.15) is 6.10 Å². The number of carbonyl (C=O) groups is 1. The number of phosphoric ester groups is 1. The molecule has 0 aliphatic carbocycles. The zero-order chi connectivity index (χ0) is 39.5. The van der Waals surface area contributed by atoms with Gasteiger partial charge < -0.3 is 20.1 Å². The molecule has 2 atom stereocenters. The van der Waals surface area contributed by atoms with Crippen molar-refractivity contribution in [2.45, 2.75) is 200 Å². The lowest BCUT2D eigenvalue weighted by molar-refractivity contribution is -0.154. The molecule has 0 amide bonds. The quantitative estimate of drug-likeness (QED) is 0.0272. The first kappa shape index (κ1) is 52.5. The fourth-order valence-corrected chi connectivity index (χ4v) is 6.77. The highest BCUT2D eigenvalue weighted by Crippen LogP contribution is 2.43. The van der Waals surface area contributed by atoms with E-state index in [9.17, 15) is 14.3 Å². The molecule has 0 fully saturated rings. The maximum atomic E-state index is 12.6. The van der Waals surface area contributed by atoms with Crippen LogP contribution in [0.15, 0.2) is 48.6 Å². The van der Waals surface area contributed by atoms with Gasteiger partial charge in [-0.25, -0.2) is 4.57 Å². The highest BCUT2D eigenvalue weighted by molar-refractivity contribution is 7.47. The number of esters is 1. The summed E-state index contributed by atoms with van der Waals surface area (Å²) >= 11 is 0. The van der Waals surface area contributed by atoms with Crippen LogP contribution in [-0.4, -0.2) is 49.9 Å². The molecule has 0 saturated heterocycles. The summed E-state index contributed by atoms with van der Waals surface area (Å²) in [6, 6.07) is 0. The Morgan fingerprint density at radius 1 is 0.574 bits per heavy atom. The first-order valence-corrected chi connectivity index (χ1v) is 23.6. The van der Waals surface area contributed by atoms with Gasteiger partial charge in [-0.05, 0) is 70.6 Å². The highest BCUT2D eigenvalue weighted by atomic mass is 31.2. The van der Waals surface area contributed by atoms with Crippen molar-refractivity contribution < 1.29 is 32.8 Å². The van der Waals surface area contributed by atoms with E-state index in [1.807, 2.05) is 0 Å². The second kappa shape index (κ2) is 42.6. The molecule has 3 N–H and O–H groups in total. The monoisotopic (exact) mass is 782 g/mol. The van der Waals surface area contributed by atoms with Gasteiger partial charge in [-0.2, -0.15) is 0 Å². The molecule has 0 aromatic rings. The number of phosphoric acid groups is 1. The predicted octanol–water partition coefficient (Wildman–Crippen LogP) is 13.2. The first-order valence-electron chi connectivity index (χ1n) is 22.1. The van der Waals surface area contributed by atoms with Crippen LogP contribution in [0.2, 0.25) is 0 Å². The summed E-state index contributed by atoms with van der Waals surface area (Å²) < 4.78 is 33.4. The second-order valence-corrected chi connectivity index (χ2v) is 16.0.